The lowest BCUT2D eigenvalue weighted by Gasteiger charge is -2.37. The van der Waals surface area contributed by atoms with Crippen molar-refractivity contribution in [2.75, 3.05) is 44.7 Å². The Labute approximate surface area is 162 Å². The van der Waals surface area contributed by atoms with E-state index in [1.807, 2.05) is 11.8 Å². The number of aryl methyl sites for hydroxylation is 2. The molecule has 1 aromatic carbocycles. The van der Waals surface area contributed by atoms with E-state index in [4.69, 9.17) is 0 Å². The molecule has 1 saturated heterocycles. The number of halogens is 2. The highest BCUT2D eigenvalue weighted by molar-refractivity contribution is 7.09. The zero-order chi connectivity index (χ0) is 19.2. The van der Waals surface area contributed by atoms with Crippen LogP contribution < -0.4 is 10.2 Å². The van der Waals surface area contributed by atoms with Gasteiger partial charge in [0.15, 0.2) is 5.96 Å². The first kappa shape index (κ1) is 19.5. The van der Waals surface area contributed by atoms with Gasteiger partial charge >= 0.3 is 0 Å². The Morgan fingerprint density at radius 2 is 2.04 bits per heavy atom. The molecule has 0 unspecified atom stereocenters. The summed E-state index contributed by atoms with van der Waals surface area (Å²) in [4.78, 5) is 12.9. The number of rotatable bonds is 5. The number of aromatic nitrogens is 1. The van der Waals surface area contributed by atoms with Crippen LogP contribution in [0.1, 0.15) is 17.1 Å². The molecule has 0 amide bonds. The van der Waals surface area contributed by atoms with E-state index in [0.29, 0.717) is 31.9 Å². The molecule has 0 radical (unpaired) electrons. The first-order chi connectivity index (χ1) is 13.1. The van der Waals surface area contributed by atoms with E-state index >= 15 is 0 Å². The number of nitrogens with one attached hydrogen (secondary N) is 1. The van der Waals surface area contributed by atoms with Gasteiger partial charge in [0.1, 0.15) is 11.6 Å². The van der Waals surface area contributed by atoms with E-state index < -0.39 is 5.82 Å². The van der Waals surface area contributed by atoms with Crippen LogP contribution in [0.3, 0.4) is 0 Å². The minimum absolute atomic E-state index is 0.330. The fourth-order valence-corrected chi connectivity index (χ4v) is 4.00. The lowest BCUT2D eigenvalue weighted by atomic mass is 10.2. The van der Waals surface area contributed by atoms with Crippen molar-refractivity contribution >= 4 is 23.0 Å². The topological polar surface area (TPSA) is 43.8 Å². The predicted molar refractivity (Wildman–Crippen MR) is 107 cm³/mol. The maximum Gasteiger partial charge on any atom is 0.193 e. The summed E-state index contributed by atoms with van der Waals surface area (Å²) in [5, 5.41) is 6.63. The highest BCUT2D eigenvalue weighted by Gasteiger charge is 2.21. The maximum atomic E-state index is 14.0. The van der Waals surface area contributed by atoms with Crippen LogP contribution in [0.25, 0.3) is 0 Å². The number of aliphatic imine (C=N–C) groups is 1. The van der Waals surface area contributed by atoms with Gasteiger partial charge in [-0.15, -0.1) is 11.3 Å². The molecule has 5 nitrogen and oxygen atoms in total. The monoisotopic (exact) mass is 393 g/mol. The molecule has 0 aliphatic carbocycles. The Kier molecular flexibility index (Phi) is 6.60. The SMILES string of the molecule is CN=C(NCCCc1nc(C)cs1)N1CCN(c2cc(F)ccc2F)CC1. The Morgan fingerprint density at radius 3 is 2.70 bits per heavy atom. The average molecular weight is 394 g/mol. The standard InChI is InChI=1S/C19H25F2N5S/c1-14-13-27-18(24-14)4-3-7-23-19(22-2)26-10-8-25(9-11-26)17-12-15(20)5-6-16(17)21/h5-6,12-13H,3-4,7-11H2,1-2H3,(H,22,23). The minimum atomic E-state index is -0.415. The van der Waals surface area contributed by atoms with Crippen molar-refractivity contribution in [2.45, 2.75) is 19.8 Å². The molecule has 0 bridgehead atoms. The maximum absolute atomic E-state index is 14.0. The van der Waals surface area contributed by atoms with Crippen molar-refractivity contribution in [1.82, 2.24) is 15.2 Å². The second-order valence-corrected chi connectivity index (χ2v) is 7.47. The van der Waals surface area contributed by atoms with E-state index in [2.05, 4.69) is 25.6 Å². The number of hydrogen-bond acceptors (Lipinski definition) is 4. The summed E-state index contributed by atoms with van der Waals surface area (Å²) < 4.78 is 27.4. The quantitative estimate of drug-likeness (QED) is 0.482. The van der Waals surface area contributed by atoms with Crippen molar-refractivity contribution in [3.63, 3.8) is 0 Å². The number of guanidine groups is 1. The third-order valence-corrected chi connectivity index (χ3v) is 5.58. The molecule has 2 aromatic rings. The smallest absolute Gasteiger partial charge is 0.193 e. The van der Waals surface area contributed by atoms with Gasteiger partial charge in [0.2, 0.25) is 0 Å². The van der Waals surface area contributed by atoms with Crippen LogP contribution in [-0.2, 0) is 6.42 Å². The van der Waals surface area contributed by atoms with Crippen molar-refractivity contribution in [2.24, 2.45) is 4.99 Å². The summed E-state index contributed by atoms with van der Waals surface area (Å²) in [5.74, 6) is 0.0520. The van der Waals surface area contributed by atoms with E-state index in [1.54, 1.807) is 18.4 Å². The largest absolute Gasteiger partial charge is 0.366 e. The second kappa shape index (κ2) is 9.12. The Bertz CT molecular complexity index is 784. The molecule has 1 fully saturated rings. The van der Waals surface area contributed by atoms with Gasteiger partial charge in [-0.3, -0.25) is 4.99 Å². The molecule has 1 aliphatic heterocycles. The Morgan fingerprint density at radius 1 is 1.26 bits per heavy atom. The molecule has 146 valence electrons. The van der Waals surface area contributed by atoms with Crippen LogP contribution in [-0.4, -0.2) is 55.6 Å². The molecular weight excluding hydrogens is 368 g/mol. The normalized spacial score (nSPS) is 15.3. The number of piperazine rings is 1. The number of thiazole rings is 1. The van der Waals surface area contributed by atoms with E-state index in [0.717, 1.165) is 42.1 Å². The third-order valence-electron chi connectivity index (χ3n) is 4.56. The van der Waals surface area contributed by atoms with Gasteiger partial charge in [0, 0.05) is 63.3 Å². The summed E-state index contributed by atoms with van der Waals surface area (Å²) in [6.07, 6.45) is 1.94. The van der Waals surface area contributed by atoms with Crippen molar-refractivity contribution < 1.29 is 8.78 Å². The van der Waals surface area contributed by atoms with Crippen LogP contribution in [0.15, 0.2) is 28.6 Å². The summed E-state index contributed by atoms with van der Waals surface area (Å²) >= 11 is 1.70. The highest BCUT2D eigenvalue weighted by Crippen LogP contribution is 2.22. The zero-order valence-electron chi connectivity index (χ0n) is 15.7. The lowest BCUT2D eigenvalue weighted by Crippen LogP contribution is -2.52. The van der Waals surface area contributed by atoms with Gasteiger partial charge in [-0.1, -0.05) is 0 Å². The number of hydrogen-bond donors (Lipinski definition) is 1. The summed E-state index contributed by atoms with van der Waals surface area (Å²) in [5.41, 5.74) is 1.41. The molecule has 3 rings (SSSR count). The molecule has 1 N–H and O–H groups in total. The van der Waals surface area contributed by atoms with Gasteiger partial charge in [-0.2, -0.15) is 0 Å². The van der Waals surface area contributed by atoms with E-state index in [-0.39, 0.29) is 5.82 Å². The molecule has 0 spiro atoms. The zero-order valence-corrected chi connectivity index (χ0v) is 16.5. The van der Waals surface area contributed by atoms with Crippen LogP contribution in [0, 0.1) is 18.6 Å². The summed E-state index contributed by atoms with van der Waals surface area (Å²) in [6.45, 7) is 5.50. The van der Waals surface area contributed by atoms with E-state index in [1.165, 1.54) is 12.1 Å². The van der Waals surface area contributed by atoms with Crippen molar-refractivity contribution in [1.29, 1.82) is 0 Å². The molecule has 1 aromatic heterocycles. The molecule has 2 heterocycles. The molecule has 27 heavy (non-hydrogen) atoms. The molecule has 0 saturated carbocycles. The third kappa shape index (κ3) is 5.15. The van der Waals surface area contributed by atoms with Crippen LogP contribution >= 0.6 is 11.3 Å². The van der Waals surface area contributed by atoms with Gasteiger partial charge in [-0.25, -0.2) is 13.8 Å². The number of anilines is 1. The van der Waals surface area contributed by atoms with Gasteiger partial charge in [0.25, 0.3) is 0 Å². The number of nitrogens with zero attached hydrogens (tertiary/aromatic N) is 4. The van der Waals surface area contributed by atoms with Gasteiger partial charge < -0.3 is 15.1 Å². The van der Waals surface area contributed by atoms with E-state index in [9.17, 15) is 8.78 Å². The molecule has 1 aliphatic rings. The van der Waals surface area contributed by atoms with Crippen molar-refractivity contribution in [3.8, 4) is 0 Å². The summed E-state index contributed by atoms with van der Waals surface area (Å²) in [6, 6.07) is 3.59. The van der Waals surface area contributed by atoms with Gasteiger partial charge in [0.05, 0.1) is 10.7 Å². The highest BCUT2D eigenvalue weighted by atomic mass is 32.1. The van der Waals surface area contributed by atoms with Crippen LogP contribution in [0.2, 0.25) is 0 Å². The second-order valence-electron chi connectivity index (χ2n) is 6.53. The first-order valence-corrected chi connectivity index (χ1v) is 10.0. The van der Waals surface area contributed by atoms with Crippen LogP contribution in [0.5, 0.6) is 0 Å². The minimum Gasteiger partial charge on any atom is -0.366 e. The van der Waals surface area contributed by atoms with Gasteiger partial charge in [-0.05, 0) is 25.5 Å². The molecular formula is C19H25F2N5S. The predicted octanol–water partition coefficient (Wildman–Crippen LogP) is 3.06. The Hall–Kier alpha value is -2.22. The number of benzene rings is 1. The molecule has 0 atom stereocenters. The average Bonchev–Trinajstić information content (AvgIpc) is 3.09. The van der Waals surface area contributed by atoms with Crippen molar-refractivity contribution in [3.05, 3.63) is 45.9 Å². The molecule has 8 heteroatoms. The van der Waals surface area contributed by atoms with Crippen LogP contribution in [0.4, 0.5) is 14.5 Å². The fourth-order valence-electron chi connectivity index (χ4n) is 3.18. The Balaban J connectivity index is 1.46. The summed E-state index contributed by atoms with van der Waals surface area (Å²) in [7, 11) is 1.77. The first-order valence-electron chi connectivity index (χ1n) is 9.13. The fraction of sp³-hybridized carbons (Fsp3) is 0.474. The lowest BCUT2D eigenvalue weighted by molar-refractivity contribution is 0.370.